The van der Waals surface area contributed by atoms with Gasteiger partial charge in [0.25, 0.3) is 0 Å². The van der Waals surface area contributed by atoms with Gasteiger partial charge in [0.2, 0.25) is 0 Å². The number of carbonyl (C=O) groups is 1. The molecule has 0 aliphatic carbocycles. The highest BCUT2D eigenvalue weighted by Crippen LogP contribution is 2.20. The van der Waals surface area contributed by atoms with Gasteiger partial charge in [0.05, 0.1) is 7.11 Å². The summed E-state index contributed by atoms with van der Waals surface area (Å²) in [6, 6.07) is 6.06. The monoisotopic (exact) mass is 273 g/mol. The zero-order valence-corrected chi connectivity index (χ0v) is 12.0. The number of nitrogens with one attached hydrogen (secondary N) is 1. The van der Waals surface area contributed by atoms with Gasteiger partial charge in [-0.2, -0.15) is 0 Å². The number of hydrogen-bond acceptors (Lipinski definition) is 4. The first kappa shape index (κ1) is 14.3. The van der Waals surface area contributed by atoms with Crippen LogP contribution in [0.3, 0.4) is 0 Å². The van der Waals surface area contributed by atoms with Gasteiger partial charge in [0.15, 0.2) is 0 Å². The molecule has 1 atom stereocenters. The lowest BCUT2D eigenvalue weighted by Gasteiger charge is -2.24. The summed E-state index contributed by atoms with van der Waals surface area (Å²) in [6.07, 6.45) is 5.47. The van der Waals surface area contributed by atoms with E-state index < -0.39 is 0 Å². The fourth-order valence-electron chi connectivity index (χ4n) is 2.06. The highest BCUT2D eigenvalue weighted by atomic mass is 16.5. The molecular formula is C15H19N3O2. The lowest BCUT2D eigenvalue weighted by atomic mass is 10.1. The number of hydrogen-bond donors (Lipinski definition) is 1. The van der Waals surface area contributed by atoms with E-state index in [0.717, 1.165) is 12.1 Å². The van der Waals surface area contributed by atoms with Gasteiger partial charge in [-0.3, -0.25) is 9.88 Å². The molecule has 5 heteroatoms. The van der Waals surface area contributed by atoms with E-state index in [1.807, 2.05) is 31.6 Å². The number of nitrogens with zero attached hydrogens (tertiary/aromatic N) is 2. The van der Waals surface area contributed by atoms with Crippen LogP contribution in [0.4, 0.5) is 0 Å². The number of rotatable bonds is 5. The summed E-state index contributed by atoms with van der Waals surface area (Å²) >= 11 is 0. The second-order valence-electron chi connectivity index (χ2n) is 4.79. The van der Waals surface area contributed by atoms with Gasteiger partial charge in [0, 0.05) is 31.2 Å². The van der Waals surface area contributed by atoms with E-state index in [2.05, 4.69) is 32.6 Å². The normalized spacial score (nSPS) is 12.4. The van der Waals surface area contributed by atoms with E-state index in [0.29, 0.717) is 5.69 Å². The Balaban J connectivity index is 2.02. The minimum Gasteiger partial charge on any atom is -0.464 e. The fourth-order valence-corrected chi connectivity index (χ4v) is 2.06. The van der Waals surface area contributed by atoms with E-state index in [1.165, 1.54) is 12.7 Å². The van der Waals surface area contributed by atoms with Crippen molar-refractivity contribution in [1.29, 1.82) is 0 Å². The molecule has 106 valence electrons. The molecule has 0 fully saturated rings. The van der Waals surface area contributed by atoms with Crippen LogP contribution < -0.4 is 0 Å². The van der Waals surface area contributed by atoms with Crippen LogP contribution in [-0.2, 0) is 11.3 Å². The van der Waals surface area contributed by atoms with Gasteiger partial charge in [0.1, 0.15) is 5.69 Å². The molecule has 0 aliphatic rings. The quantitative estimate of drug-likeness (QED) is 0.850. The minimum atomic E-state index is -0.348. The molecule has 5 nitrogen and oxygen atoms in total. The SMILES string of the molecule is COC(=O)c1cc(CN(C)C(C)c2cccnc2)c[nH]1. The Morgan fingerprint density at radius 2 is 2.35 bits per heavy atom. The van der Waals surface area contributed by atoms with Gasteiger partial charge < -0.3 is 9.72 Å². The fraction of sp³-hybridized carbons (Fsp3) is 0.333. The zero-order valence-electron chi connectivity index (χ0n) is 12.0. The van der Waals surface area contributed by atoms with E-state index in [1.54, 1.807) is 6.20 Å². The Kier molecular flexibility index (Phi) is 4.53. The van der Waals surface area contributed by atoms with Crippen molar-refractivity contribution >= 4 is 5.97 Å². The van der Waals surface area contributed by atoms with Gasteiger partial charge in [-0.15, -0.1) is 0 Å². The Morgan fingerprint density at radius 3 is 3.00 bits per heavy atom. The predicted octanol–water partition coefficient (Wildman–Crippen LogP) is 2.39. The third-order valence-corrected chi connectivity index (χ3v) is 3.41. The van der Waals surface area contributed by atoms with Crippen LogP contribution in [0.25, 0.3) is 0 Å². The van der Waals surface area contributed by atoms with Crippen molar-refractivity contribution < 1.29 is 9.53 Å². The maximum absolute atomic E-state index is 11.4. The molecule has 0 saturated heterocycles. The van der Waals surface area contributed by atoms with Crippen LogP contribution >= 0.6 is 0 Å². The van der Waals surface area contributed by atoms with E-state index >= 15 is 0 Å². The smallest absolute Gasteiger partial charge is 0.354 e. The zero-order chi connectivity index (χ0) is 14.5. The van der Waals surface area contributed by atoms with Crippen molar-refractivity contribution in [3.05, 3.63) is 53.6 Å². The molecule has 0 bridgehead atoms. The molecule has 0 aliphatic heterocycles. The number of carbonyl (C=O) groups excluding carboxylic acids is 1. The maximum Gasteiger partial charge on any atom is 0.354 e. The molecule has 20 heavy (non-hydrogen) atoms. The molecule has 0 saturated carbocycles. The van der Waals surface area contributed by atoms with Crippen LogP contribution in [-0.4, -0.2) is 35.0 Å². The maximum atomic E-state index is 11.4. The second kappa shape index (κ2) is 6.34. The third-order valence-electron chi connectivity index (χ3n) is 3.41. The first-order chi connectivity index (χ1) is 9.61. The van der Waals surface area contributed by atoms with Gasteiger partial charge in [-0.25, -0.2) is 4.79 Å². The highest BCUT2D eigenvalue weighted by Gasteiger charge is 2.14. The molecule has 2 rings (SSSR count). The molecule has 2 aromatic rings. The number of ether oxygens (including phenoxy) is 1. The molecule has 0 spiro atoms. The molecule has 0 radical (unpaired) electrons. The number of pyridine rings is 1. The molecular weight excluding hydrogens is 254 g/mol. The van der Waals surface area contributed by atoms with Crippen molar-refractivity contribution in [1.82, 2.24) is 14.9 Å². The van der Waals surface area contributed by atoms with E-state index in [4.69, 9.17) is 0 Å². The average Bonchev–Trinajstić information content (AvgIpc) is 2.95. The highest BCUT2D eigenvalue weighted by molar-refractivity contribution is 5.87. The molecule has 0 aromatic carbocycles. The van der Waals surface area contributed by atoms with Gasteiger partial charge in [-0.05, 0) is 37.2 Å². The number of aromatic amines is 1. The summed E-state index contributed by atoms with van der Waals surface area (Å²) in [7, 11) is 3.42. The molecule has 0 amide bonds. The molecule has 1 N–H and O–H groups in total. The Bertz CT molecular complexity index is 566. The van der Waals surface area contributed by atoms with Gasteiger partial charge >= 0.3 is 5.97 Å². The summed E-state index contributed by atoms with van der Waals surface area (Å²) in [5.74, 6) is -0.348. The number of methoxy groups -OCH3 is 1. The van der Waals surface area contributed by atoms with Gasteiger partial charge in [-0.1, -0.05) is 6.07 Å². The Labute approximate surface area is 118 Å². The van der Waals surface area contributed by atoms with Crippen molar-refractivity contribution in [3.8, 4) is 0 Å². The topological polar surface area (TPSA) is 58.2 Å². The summed E-state index contributed by atoms with van der Waals surface area (Å²) < 4.78 is 4.68. The number of H-pyrrole nitrogens is 1. The van der Waals surface area contributed by atoms with Crippen LogP contribution in [0.15, 0.2) is 36.8 Å². The van der Waals surface area contributed by atoms with Crippen molar-refractivity contribution in [2.24, 2.45) is 0 Å². The lowest BCUT2D eigenvalue weighted by molar-refractivity contribution is 0.0595. The Morgan fingerprint density at radius 1 is 1.55 bits per heavy atom. The van der Waals surface area contributed by atoms with E-state index in [9.17, 15) is 4.79 Å². The van der Waals surface area contributed by atoms with Crippen molar-refractivity contribution in [2.75, 3.05) is 14.2 Å². The molecule has 1 unspecified atom stereocenters. The molecule has 2 aromatic heterocycles. The largest absolute Gasteiger partial charge is 0.464 e. The number of esters is 1. The standard InChI is InChI=1S/C15H19N3O2/c1-11(13-5-4-6-16-9-13)18(2)10-12-7-14(17-8-12)15(19)20-3/h4-9,11,17H,10H2,1-3H3. The van der Waals surface area contributed by atoms with E-state index in [-0.39, 0.29) is 12.0 Å². The summed E-state index contributed by atoms with van der Waals surface area (Å²) in [5.41, 5.74) is 2.69. The summed E-state index contributed by atoms with van der Waals surface area (Å²) in [5, 5.41) is 0. The lowest BCUT2D eigenvalue weighted by Crippen LogP contribution is -2.21. The van der Waals surface area contributed by atoms with Crippen LogP contribution in [0, 0.1) is 0 Å². The first-order valence-electron chi connectivity index (χ1n) is 6.47. The average molecular weight is 273 g/mol. The van der Waals surface area contributed by atoms with Crippen molar-refractivity contribution in [3.63, 3.8) is 0 Å². The Hall–Kier alpha value is -2.14. The summed E-state index contributed by atoms with van der Waals surface area (Å²) in [6.45, 7) is 2.87. The molecule has 2 heterocycles. The second-order valence-corrected chi connectivity index (χ2v) is 4.79. The number of aromatic nitrogens is 2. The van der Waals surface area contributed by atoms with Crippen LogP contribution in [0.2, 0.25) is 0 Å². The first-order valence-corrected chi connectivity index (χ1v) is 6.47. The predicted molar refractivity (Wildman–Crippen MR) is 76.3 cm³/mol. The van der Waals surface area contributed by atoms with Crippen LogP contribution in [0.1, 0.15) is 34.6 Å². The van der Waals surface area contributed by atoms with Crippen molar-refractivity contribution in [2.45, 2.75) is 19.5 Å². The minimum absolute atomic E-state index is 0.250. The third kappa shape index (κ3) is 3.24. The summed E-state index contributed by atoms with van der Waals surface area (Å²) in [4.78, 5) is 20.7. The van der Waals surface area contributed by atoms with Crippen LogP contribution in [0.5, 0.6) is 0 Å².